The van der Waals surface area contributed by atoms with Crippen molar-refractivity contribution in [1.29, 1.82) is 0 Å². The Bertz CT molecular complexity index is 624. The minimum atomic E-state index is -4.74. The molecule has 9 heteroatoms. The summed E-state index contributed by atoms with van der Waals surface area (Å²) in [5.41, 5.74) is -0.335. The highest BCUT2D eigenvalue weighted by Gasteiger charge is 2.40. The summed E-state index contributed by atoms with van der Waals surface area (Å²) < 4.78 is 45.2. The van der Waals surface area contributed by atoms with Crippen LogP contribution in [0.4, 0.5) is 13.2 Å². The number of hydrogen-bond acceptors (Lipinski definition) is 4. The number of amides is 1. The number of hydrogen-bond donors (Lipinski definition) is 2. The summed E-state index contributed by atoms with van der Waals surface area (Å²) in [6.07, 6.45) is -3.65. The predicted molar refractivity (Wildman–Crippen MR) is 84.6 cm³/mol. The first-order chi connectivity index (χ1) is 12.2. The lowest BCUT2D eigenvalue weighted by atomic mass is 9.80. The van der Waals surface area contributed by atoms with Gasteiger partial charge in [-0.05, 0) is 37.0 Å². The van der Waals surface area contributed by atoms with Crippen molar-refractivity contribution in [2.45, 2.75) is 32.0 Å². The van der Waals surface area contributed by atoms with Crippen LogP contribution < -0.4 is 10.1 Å². The van der Waals surface area contributed by atoms with Crippen molar-refractivity contribution < 1.29 is 37.3 Å². The highest BCUT2D eigenvalue weighted by Crippen LogP contribution is 2.30. The van der Waals surface area contributed by atoms with Gasteiger partial charge in [0.1, 0.15) is 5.75 Å². The molecule has 1 aliphatic rings. The van der Waals surface area contributed by atoms with Crippen molar-refractivity contribution in [3.05, 3.63) is 29.8 Å². The van der Waals surface area contributed by atoms with Gasteiger partial charge in [0.25, 0.3) is 0 Å². The standard InChI is InChI=1S/C17H20F3NO5/c18-17(19,20)26-13-4-1-12(2-5-13)3-6-14(22)21-11-16(15(23)24)7-9-25-10-8-16/h1-2,4-5H,3,6-11H2,(H,21,22)(H,23,24). The zero-order valence-electron chi connectivity index (χ0n) is 14.0. The highest BCUT2D eigenvalue weighted by atomic mass is 19.4. The van der Waals surface area contributed by atoms with E-state index in [1.54, 1.807) is 0 Å². The SMILES string of the molecule is O=C(CCc1ccc(OC(F)(F)F)cc1)NCC1(C(=O)O)CCOCC1. The van der Waals surface area contributed by atoms with E-state index in [-0.39, 0.29) is 24.6 Å². The van der Waals surface area contributed by atoms with Gasteiger partial charge in [0.05, 0.1) is 5.41 Å². The zero-order chi connectivity index (χ0) is 19.2. The quantitative estimate of drug-likeness (QED) is 0.765. The second-order valence-electron chi connectivity index (χ2n) is 6.17. The molecule has 0 aromatic heterocycles. The Morgan fingerprint density at radius 1 is 1.19 bits per heavy atom. The van der Waals surface area contributed by atoms with Gasteiger partial charge in [-0.15, -0.1) is 13.2 Å². The molecule has 0 spiro atoms. The molecule has 1 amide bonds. The van der Waals surface area contributed by atoms with Gasteiger partial charge in [0, 0.05) is 26.2 Å². The first-order valence-electron chi connectivity index (χ1n) is 8.13. The average molecular weight is 375 g/mol. The van der Waals surface area contributed by atoms with Crippen LogP contribution in [0.25, 0.3) is 0 Å². The molecule has 1 saturated heterocycles. The number of halogens is 3. The lowest BCUT2D eigenvalue weighted by Crippen LogP contribution is -2.46. The maximum atomic E-state index is 12.1. The first kappa shape index (κ1) is 20.0. The monoisotopic (exact) mass is 375 g/mol. The minimum Gasteiger partial charge on any atom is -0.481 e. The topological polar surface area (TPSA) is 84.9 Å². The molecule has 0 aliphatic carbocycles. The first-order valence-corrected chi connectivity index (χ1v) is 8.13. The largest absolute Gasteiger partial charge is 0.573 e. The molecule has 2 N–H and O–H groups in total. The third kappa shape index (κ3) is 5.91. The molecule has 26 heavy (non-hydrogen) atoms. The number of carboxylic acids is 1. The van der Waals surface area contributed by atoms with E-state index in [4.69, 9.17) is 4.74 Å². The van der Waals surface area contributed by atoms with Crippen LogP contribution in [0.5, 0.6) is 5.75 Å². The van der Waals surface area contributed by atoms with Gasteiger partial charge in [0.15, 0.2) is 0 Å². The Morgan fingerprint density at radius 2 is 1.81 bits per heavy atom. The molecule has 6 nitrogen and oxygen atoms in total. The number of aliphatic carboxylic acids is 1. The van der Waals surface area contributed by atoms with E-state index in [1.165, 1.54) is 24.3 Å². The summed E-state index contributed by atoms with van der Waals surface area (Å²) in [7, 11) is 0. The molecule has 0 unspecified atom stereocenters. The normalized spacial score (nSPS) is 16.7. The Labute approximate surface area is 148 Å². The fourth-order valence-electron chi connectivity index (χ4n) is 2.70. The number of alkyl halides is 3. The lowest BCUT2D eigenvalue weighted by molar-refractivity contribution is -0.274. The number of benzene rings is 1. The van der Waals surface area contributed by atoms with Crippen molar-refractivity contribution in [3.8, 4) is 5.75 Å². The van der Waals surface area contributed by atoms with Crippen LogP contribution in [-0.4, -0.2) is 43.1 Å². The summed E-state index contributed by atoms with van der Waals surface area (Å²) in [6.45, 7) is 0.714. The van der Waals surface area contributed by atoms with E-state index in [0.717, 1.165) is 0 Å². The molecule has 0 saturated carbocycles. The van der Waals surface area contributed by atoms with Gasteiger partial charge >= 0.3 is 12.3 Å². The van der Waals surface area contributed by atoms with Crippen LogP contribution in [0.2, 0.25) is 0 Å². The number of nitrogens with one attached hydrogen (secondary N) is 1. The van der Waals surface area contributed by atoms with Gasteiger partial charge in [0.2, 0.25) is 5.91 Å². The summed E-state index contributed by atoms with van der Waals surface area (Å²) in [6, 6.07) is 5.27. The van der Waals surface area contributed by atoms with Crippen LogP contribution in [0.15, 0.2) is 24.3 Å². The van der Waals surface area contributed by atoms with Crippen molar-refractivity contribution in [1.82, 2.24) is 5.32 Å². The molecule has 1 aromatic rings. The zero-order valence-corrected chi connectivity index (χ0v) is 14.0. The van der Waals surface area contributed by atoms with Crippen LogP contribution in [-0.2, 0) is 20.7 Å². The molecule has 2 rings (SSSR count). The van der Waals surface area contributed by atoms with E-state index >= 15 is 0 Å². The molecule has 1 heterocycles. The molecule has 0 atom stereocenters. The second kappa shape index (κ2) is 8.39. The van der Waals surface area contributed by atoms with Crippen LogP contribution in [0.3, 0.4) is 0 Å². The Hall–Kier alpha value is -2.29. The fourth-order valence-corrected chi connectivity index (χ4v) is 2.70. The minimum absolute atomic E-state index is 0.0306. The lowest BCUT2D eigenvalue weighted by Gasteiger charge is -2.33. The third-order valence-electron chi connectivity index (χ3n) is 4.33. The predicted octanol–water partition coefficient (Wildman–Crippen LogP) is 2.52. The molecular weight excluding hydrogens is 355 g/mol. The van der Waals surface area contributed by atoms with Gasteiger partial charge in [-0.3, -0.25) is 9.59 Å². The molecule has 1 aliphatic heterocycles. The van der Waals surface area contributed by atoms with Gasteiger partial charge in [-0.25, -0.2) is 0 Å². The van der Waals surface area contributed by atoms with Crippen LogP contribution in [0, 0.1) is 5.41 Å². The Morgan fingerprint density at radius 3 is 2.35 bits per heavy atom. The molecule has 1 aromatic carbocycles. The number of aryl methyl sites for hydroxylation is 1. The van der Waals surface area contributed by atoms with E-state index in [1.807, 2.05) is 0 Å². The summed E-state index contributed by atoms with van der Waals surface area (Å²) >= 11 is 0. The molecule has 144 valence electrons. The Balaban J connectivity index is 1.80. The number of carbonyl (C=O) groups excluding carboxylic acids is 1. The fraction of sp³-hybridized carbons (Fsp3) is 0.529. The van der Waals surface area contributed by atoms with E-state index in [0.29, 0.717) is 38.0 Å². The summed E-state index contributed by atoms with van der Waals surface area (Å²) in [5.74, 6) is -1.59. The molecule has 1 fully saturated rings. The van der Waals surface area contributed by atoms with E-state index < -0.39 is 17.7 Å². The maximum Gasteiger partial charge on any atom is 0.573 e. The maximum absolute atomic E-state index is 12.1. The van der Waals surface area contributed by atoms with Crippen molar-refractivity contribution >= 4 is 11.9 Å². The van der Waals surface area contributed by atoms with Crippen LogP contribution in [0.1, 0.15) is 24.8 Å². The number of ether oxygens (including phenoxy) is 2. The van der Waals surface area contributed by atoms with E-state index in [2.05, 4.69) is 10.1 Å². The summed E-state index contributed by atoms with van der Waals surface area (Å²) in [4.78, 5) is 23.5. The van der Waals surface area contributed by atoms with Gasteiger partial charge in [-0.1, -0.05) is 12.1 Å². The Kier molecular flexibility index (Phi) is 6.47. The van der Waals surface area contributed by atoms with Crippen molar-refractivity contribution in [2.75, 3.05) is 19.8 Å². The molecular formula is C17H20F3NO5. The average Bonchev–Trinajstić information content (AvgIpc) is 2.59. The number of carbonyl (C=O) groups is 2. The van der Waals surface area contributed by atoms with Crippen molar-refractivity contribution in [3.63, 3.8) is 0 Å². The van der Waals surface area contributed by atoms with E-state index in [9.17, 15) is 27.9 Å². The third-order valence-corrected chi connectivity index (χ3v) is 4.33. The molecule has 0 bridgehead atoms. The number of carboxylic acid groups (broad SMARTS) is 1. The number of rotatable bonds is 7. The molecule has 0 radical (unpaired) electrons. The smallest absolute Gasteiger partial charge is 0.481 e. The van der Waals surface area contributed by atoms with Gasteiger partial charge in [-0.2, -0.15) is 0 Å². The summed E-state index contributed by atoms with van der Waals surface area (Å²) in [5, 5.41) is 12.1. The highest BCUT2D eigenvalue weighted by molar-refractivity contribution is 5.79. The van der Waals surface area contributed by atoms with Crippen molar-refractivity contribution in [2.24, 2.45) is 5.41 Å². The van der Waals surface area contributed by atoms with Gasteiger partial charge < -0.3 is 19.9 Å². The van der Waals surface area contributed by atoms with Crippen LogP contribution >= 0.6 is 0 Å². The second-order valence-corrected chi connectivity index (χ2v) is 6.17.